The zero-order chi connectivity index (χ0) is 12.4. The first-order valence-corrected chi connectivity index (χ1v) is 8.05. The number of nitrogens with zero attached hydrogens (tertiary/aromatic N) is 4. The van der Waals surface area contributed by atoms with Crippen molar-refractivity contribution in [2.45, 2.75) is 6.42 Å². The summed E-state index contributed by atoms with van der Waals surface area (Å²) in [4.78, 5) is 0. The van der Waals surface area contributed by atoms with Crippen molar-refractivity contribution in [1.82, 2.24) is 0 Å². The molecule has 5 nitrogen and oxygen atoms in total. The molecule has 0 saturated carbocycles. The second-order valence-electron chi connectivity index (χ2n) is 2.39. The van der Waals surface area contributed by atoms with E-state index in [1.807, 2.05) is 4.52 Å². The summed E-state index contributed by atoms with van der Waals surface area (Å²) >= 11 is 0. The van der Waals surface area contributed by atoms with Crippen molar-refractivity contribution in [2.75, 3.05) is 6.61 Å². The lowest BCUT2D eigenvalue weighted by Crippen LogP contribution is -1.88. The molecule has 16 heavy (non-hydrogen) atoms. The van der Waals surface area contributed by atoms with Crippen LogP contribution in [0, 0.1) is 11.3 Å². The molecule has 1 unspecified atom stereocenters. The van der Waals surface area contributed by atoms with E-state index in [0.717, 1.165) is 0 Å². The molecule has 0 N–H and O–H groups in total. The molecule has 1 aliphatic rings. The molecule has 0 aliphatic carbocycles. The average Bonchev–Trinajstić information content (AvgIpc) is 1.96. The van der Waals surface area contributed by atoms with Gasteiger partial charge in [-0.3, -0.25) is 0 Å². The second kappa shape index (κ2) is 4.58. The van der Waals surface area contributed by atoms with Gasteiger partial charge in [0, 0.05) is 0 Å². The van der Waals surface area contributed by atoms with Crippen molar-refractivity contribution in [1.29, 1.82) is 5.26 Å². The fourth-order valence-corrected chi connectivity index (χ4v) is 6.00. The van der Waals surface area contributed by atoms with Crippen molar-refractivity contribution in [2.24, 2.45) is 13.5 Å². The Labute approximate surface area is 87.6 Å². The standard InChI is InChI=1S/C3H4F5N4OP3/c4-14(5)10-15(6,7)12-16(8,11-14)13-3-1-2-9/h1,3H2. The topological polar surface area (TPSA) is 70.1 Å². The van der Waals surface area contributed by atoms with E-state index in [9.17, 15) is 21.0 Å². The van der Waals surface area contributed by atoms with Gasteiger partial charge in [0.05, 0.1) is 19.1 Å². The minimum Gasteiger partial charge on any atom is -0.302 e. The fraction of sp³-hybridized carbons (Fsp3) is 0.667. The zero-order valence-electron chi connectivity index (χ0n) is 7.34. The molecule has 0 aromatic rings. The third-order valence-electron chi connectivity index (χ3n) is 1.12. The minimum absolute atomic E-state index is 0.331. The number of rotatable bonds is 3. The molecule has 92 valence electrons. The van der Waals surface area contributed by atoms with Gasteiger partial charge in [-0.1, -0.05) is 0 Å². The van der Waals surface area contributed by atoms with Crippen molar-refractivity contribution < 1.29 is 25.5 Å². The Hall–Kier alpha value is -0.210. The van der Waals surface area contributed by atoms with Crippen molar-refractivity contribution >= 4 is 23.4 Å². The summed E-state index contributed by atoms with van der Waals surface area (Å²) < 4.78 is 74.2. The average molecular weight is 300 g/mol. The van der Waals surface area contributed by atoms with Gasteiger partial charge in [-0.2, -0.15) is 9.46 Å². The van der Waals surface area contributed by atoms with Gasteiger partial charge in [-0.05, 0) is 0 Å². The molecule has 0 amide bonds. The number of hydrogen-bond acceptors (Lipinski definition) is 5. The third kappa shape index (κ3) is 3.99. The quantitative estimate of drug-likeness (QED) is 0.385. The van der Waals surface area contributed by atoms with Crippen LogP contribution in [0.2, 0.25) is 0 Å². The van der Waals surface area contributed by atoms with Crippen LogP contribution >= 0.6 is 23.4 Å². The smallest absolute Gasteiger partial charge is 0.302 e. The Morgan fingerprint density at radius 2 is 1.56 bits per heavy atom. The number of nitriles is 1. The second-order valence-corrected chi connectivity index (χ2v) is 7.57. The normalized spacial score (nSPS) is 30.5. The highest BCUT2D eigenvalue weighted by Gasteiger charge is 2.39. The van der Waals surface area contributed by atoms with E-state index in [-0.39, 0.29) is 6.42 Å². The highest BCUT2D eigenvalue weighted by atomic mass is 31.3. The molecule has 0 spiro atoms. The van der Waals surface area contributed by atoms with Crippen LogP contribution in [-0.4, -0.2) is 6.61 Å². The van der Waals surface area contributed by atoms with Gasteiger partial charge in [-0.15, -0.1) is 30.3 Å². The maximum atomic E-state index is 13.4. The summed E-state index contributed by atoms with van der Waals surface area (Å²) in [5.41, 5.74) is 0. The minimum atomic E-state index is -5.71. The third-order valence-corrected chi connectivity index (χ3v) is 6.84. The lowest BCUT2D eigenvalue weighted by atomic mass is 10.5. The van der Waals surface area contributed by atoms with Gasteiger partial charge in [0.1, 0.15) is 0 Å². The van der Waals surface area contributed by atoms with Gasteiger partial charge in [-0.25, -0.2) is 0 Å². The van der Waals surface area contributed by atoms with Crippen molar-refractivity contribution in [3.8, 4) is 6.07 Å². The van der Waals surface area contributed by atoms with Crippen LogP contribution in [0.1, 0.15) is 6.42 Å². The van der Waals surface area contributed by atoms with Crippen LogP contribution in [0.5, 0.6) is 0 Å². The molecule has 1 heterocycles. The summed E-state index contributed by atoms with van der Waals surface area (Å²) in [5.74, 6) is 0. The number of hydrogen-bond donors (Lipinski definition) is 0. The predicted octanol–water partition coefficient (Wildman–Crippen LogP) is 5.62. The maximum Gasteiger partial charge on any atom is 0.425 e. The summed E-state index contributed by atoms with van der Waals surface area (Å²) in [6.45, 7) is -0.617. The SMILES string of the molecule is N#CCCOP1(F)=NP(F)(F)=NP(F)(F)=N1. The van der Waals surface area contributed by atoms with Gasteiger partial charge in [0.25, 0.3) is 0 Å². The molecule has 1 atom stereocenters. The lowest BCUT2D eigenvalue weighted by Gasteiger charge is -2.15. The van der Waals surface area contributed by atoms with Crippen LogP contribution in [0.25, 0.3) is 0 Å². The van der Waals surface area contributed by atoms with Crippen LogP contribution in [-0.2, 0) is 4.52 Å². The molecule has 1 aliphatic heterocycles. The Morgan fingerprint density at radius 3 is 2.06 bits per heavy atom. The van der Waals surface area contributed by atoms with E-state index in [2.05, 4.69) is 13.6 Å². The Morgan fingerprint density at radius 1 is 1.00 bits per heavy atom. The van der Waals surface area contributed by atoms with Crippen LogP contribution in [0.4, 0.5) is 21.0 Å². The summed E-state index contributed by atoms with van der Waals surface area (Å²) in [6.07, 6.45) is -0.331. The molecule has 13 heteroatoms. The maximum absolute atomic E-state index is 13.4. The van der Waals surface area contributed by atoms with E-state index in [1.165, 1.54) is 6.07 Å². The first kappa shape index (κ1) is 13.9. The van der Waals surface area contributed by atoms with E-state index in [0.29, 0.717) is 0 Å². The zero-order valence-corrected chi connectivity index (χ0v) is 10.0. The summed E-state index contributed by atoms with van der Waals surface area (Å²) in [6, 6.07) is 1.53. The molecule has 1 rings (SSSR count). The fourth-order valence-electron chi connectivity index (χ4n) is 0.708. The Kier molecular flexibility index (Phi) is 3.96. The van der Waals surface area contributed by atoms with E-state index >= 15 is 0 Å². The molecule has 0 radical (unpaired) electrons. The first-order chi connectivity index (χ1) is 7.18. The Balaban J connectivity index is 3.07. The van der Waals surface area contributed by atoms with Gasteiger partial charge >= 0.3 is 23.4 Å². The molecule has 0 fully saturated rings. The molecule has 0 saturated heterocycles. The van der Waals surface area contributed by atoms with Crippen molar-refractivity contribution in [3.05, 3.63) is 0 Å². The molecular weight excluding hydrogens is 296 g/mol. The van der Waals surface area contributed by atoms with E-state index < -0.39 is 30.0 Å². The highest BCUT2D eigenvalue weighted by Crippen LogP contribution is 2.81. The van der Waals surface area contributed by atoms with Crippen LogP contribution < -0.4 is 0 Å². The molecular formula is C3H4F5N4OP3. The van der Waals surface area contributed by atoms with E-state index in [1.54, 1.807) is 0 Å². The van der Waals surface area contributed by atoms with Gasteiger partial charge in [0.2, 0.25) is 0 Å². The largest absolute Gasteiger partial charge is 0.425 e. The van der Waals surface area contributed by atoms with E-state index in [4.69, 9.17) is 5.26 Å². The summed E-state index contributed by atoms with van der Waals surface area (Å²) in [7, 11) is -16.4. The molecule has 0 bridgehead atoms. The first-order valence-electron chi connectivity index (χ1n) is 3.59. The predicted molar refractivity (Wildman–Crippen MR) is 49.8 cm³/mol. The van der Waals surface area contributed by atoms with Gasteiger partial charge in [0.15, 0.2) is 0 Å². The highest BCUT2D eigenvalue weighted by molar-refractivity contribution is 7.77. The Bertz CT molecular complexity index is 476. The number of halogens is 5. The lowest BCUT2D eigenvalue weighted by molar-refractivity contribution is 0.334. The molecule has 0 aromatic carbocycles. The van der Waals surface area contributed by atoms with Gasteiger partial charge < -0.3 is 4.52 Å². The van der Waals surface area contributed by atoms with Crippen molar-refractivity contribution in [3.63, 3.8) is 0 Å². The molecule has 0 aromatic heterocycles. The van der Waals surface area contributed by atoms with Crippen LogP contribution in [0.3, 0.4) is 0 Å². The summed E-state index contributed by atoms with van der Waals surface area (Å²) in [5, 5.41) is 8.08. The van der Waals surface area contributed by atoms with Crippen LogP contribution in [0.15, 0.2) is 13.5 Å². The monoisotopic (exact) mass is 300 g/mol.